The minimum atomic E-state index is -3.36. The molecule has 1 unspecified atom stereocenters. The van der Waals surface area contributed by atoms with Gasteiger partial charge in [-0.1, -0.05) is 60.7 Å². The number of amides is 1. The molecule has 0 radical (unpaired) electrons. The van der Waals surface area contributed by atoms with E-state index in [0.29, 0.717) is 11.3 Å². The Morgan fingerprint density at radius 3 is 2.33 bits per heavy atom. The van der Waals surface area contributed by atoms with E-state index in [1.165, 1.54) is 5.56 Å². The molecule has 2 N–H and O–H groups in total. The van der Waals surface area contributed by atoms with Crippen molar-refractivity contribution in [2.45, 2.75) is 25.8 Å². The number of nitrogens with one attached hydrogen (secondary N) is 2. The van der Waals surface area contributed by atoms with Gasteiger partial charge in [-0.05, 0) is 54.7 Å². The van der Waals surface area contributed by atoms with Crippen LogP contribution in [0.5, 0.6) is 0 Å². The molecule has 5 nitrogen and oxygen atoms in total. The standard InChI is InChI=1S/C24H26N2O3S/c1-18(21-12-8-13-22(17-21)26-30(2,28)29)25-24(27)23-14-7-6-11-20(23)16-15-19-9-4-3-5-10-19/h3-14,17-18,26H,15-16H2,1-2H3,(H,25,27). The number of benzene rings is 3. The summed E-state index contributed by atoms with van der Waals surface area (Å²) in [5.41, 5.74) is 4.18. The van der Waals surface area contributed by atoms with E-state index in [2.05, 4.69) is 22.2 Å². The molecule has 156 valence electrons. The van der Waals surface area contributed by atoms with Gasteiger partial charge in [0.1, 0.15) is 0 Å². The molecule has 0 aliphatic rings. The topological polar surface area (TPSA) is 75.3 Å². The summed E-state index contributed by atoms with van der Waals surface area (Å²) < 4.78 is 25.4. The minimum absolute atomic E-state index is 0.146. The van der Waals surface area contributed by atoms with Crippen LogP contribution in [0, 0.1) is 0 Å². The first-order valence-electron chi connectivity index (χ1n) is 9.82. The summed E-state index contributed by atoms with van der Waals surface area (Å²) in [5, 5.41) is 3.02. The molecule has 6 heteroatoms. The molecular formula is C24H26N2O3S. The Kier molecular flexibility index (Phi) is 6.90. The van der Waals surface area contributed by atoms with Gasteiger partial charge in [0.2, 0.25) is 10.0 Å². The van der Waals surface area contributed by atoms with E-state index in [1.54, 1.807) is 18.2 Å². The molecule has 0 bridgehead atoms. The second-order valence-electron chi connectivity index (χ2n) is 7.34. The summed E-state index contributed by atoms with van der Waals surface area (Å²) in [4.78, 5) is 13.0. The fourth-order valence-corrected chi connectivity index (χ4v) is 3.88. The first-order valence-corrected chi connectivity index (χ1v) is 11.7. The monoisotopic (exact) mass is 422 g/mol. The predicted octanol–water partition coefficient (Wildman–Crippen LogP) is 4.33. The Hall–Kier alpha value is -3.12. The second kappa shape index (κ2) is 9.59. The number of hydrogen-bond donors (Lipinski definition) is 2. The van der Waals surface area contributed by atoms with Crippen molar-refractivity contribution >= 4 is 21.6 Å². The number of anilines is 1. The molecule has 3 aromatic rings. The molecule has 0 aliphatic carbocycles. The molecule has 0 aliphatic heterocycles. The number of rotatable bonds is 8. The maximum absolute atomic E-state index is 13.0. The van der Waals surface area contributed by atoms with Crippen molar-refractivity contribution in [1.82, 2.24) is 5.32 Å². The van der Waals surface area contributed by atoms with Crippen LogP contribution in [-0.4, -0.2) is 20.6 Å². The zero-order valence-corrected chi connectivity index (χ0v) is 17.9. The lowest BCUT2D eigenvalue weighted by Gasteiger charge is -2.17. The predicted molar refractivity (Wildman–Crippen MR) is 121 cm³/mol. The second-order valence-corrected chi connectivity index (χ2v) is 9.09. The van der Waals surface area contributed by atoms with Gasteiger partial charge in [-0.25, -0.2) is 8.42 Å². The maximum atomic E-state index is 13.0. The van der Waals surface area contributed by atoms with E-state index in [1.807, 2.05) is 55.5 Å². The van der Waals surface area contributed by atoms with Gasteiger partial charge in [-0.15, -0.1) is 0 Å². The van der Waals surface area contributed by atoms with Crippen LogP contribution in [0.3, 0.4) is 0 Å². The maximum Gasteiger partial charge on any atom is 0.252 e. The van der Waals surface area contributed by atoms with Gasteiger partial charge in [0.15, 0.2) is 0 Å². The van der Waals surface area contributed by atoms with Crippen LogP contribution >= 0.6 is 0 Å². The van der Waals surface area contributed by atoms with Crippen molar-refractivity contribution < 1.29 is 13.2 Å². The highest BCUT2D eigenvalue weighted by atomic mass is 32.2. The van der Waals surface area contributed by atoms with Crippen LogP contribution in [0.15, 0.2) is 78.9 Å². The van der Waals surface area contributed by atoms with Gasteiger partial charge in [0.05, 0.1) is 12.3 Å². The summed E-state index contributed by atoms with van der Waals surface area (Å²) >= 11 is 0. The van der Waals surface area contributed by atoms with Crippen LogP contribution in [0.2, 0.25) is 0 Å². The van der Waals surface area contributed by atoms with Crippen molar-refractivity contribution in [3.63, 3.8) is 0 Å². The zero-order valence-electron chi connectivity index (χ0n) is 17.1. The van der Waals surface area contributed by atoms with Gasteiger partial charge in [0, 0.05) is 11.3 Å². The molecule has 1 atom stereocenters. The van der Waals surface area contributed by atoms with Gasteiger partial charge in [-0.2, -0.15) is 0 Å². The molecule has 0 aromatic heterocycles. The van der Waals surface area contributed by atoms with Crippen LogP contribution in [0.25, 0.3) is 0 Å². The Labute approximate surface area is 178 Å². The first kappa shape index (κ1) is 21.6. The number of hydrogen-bond acceptors (Lipinski definition) is 3. The first-order chi connectivity index (χ1) is 14.3. The van der Waals surface area contributed by atoms with Crippen LogP contribution in [0.1, 0.15) is 40.0 Å². The number of carbonyl (C=O) groups is 1. The fraction of sp³-hybridized carbons (Fsp3) is 0.208. The van der Waals surface area contributed by atoms with E-state index in [4.69, 9.17) is 0 Å². The Morgan fingerprint density at radius 2 is 1.60 bits per heavy atom. The summed E-state index contributed by atoms with van der Waals surface area (Å²) in [7, 11) is -3.36. The van der Waals surface area contributed by atoms with Gasteiger partial charge in [0.25, 0.3) is 5.91 Å². The SMILES string of the molecule is CC(NC(=O)c1ccccc1CCc1ccccc1)c1cccc(NS(C)(=O)=O)c1. The molecule has 0 saturated carbocycles. The van der Waals surface area contributed by atoms with Crippen molar-refractivity contribution in [3.05, 3.63) is 101 Å². The fourth-order valence-electron chi connectivity index (χ4n) is 3.33. The average Bonchev–Trinajstić information content (AvgIpc) is 2.72. The van der Waals surface area contributed by atoms with Crippen molar-refractivity contribution in [3.8, 4) is 0 Å². The molecule has 0 heterocycles. The number of aryl methyl sites for hydroxylation is 2. The largest absolute Gasteiger partial charge is 0.346 e. The average molecular weight is 423 g/mol. The van der Waals surface area contributed by atoms with E-state index >= 15 is 0 Å². The van der Waals surface area contributed by atoms with E-state index in [9.17, 15) is 13.2 Å². The molecule has 3 aromatic carbocycles. The summed E-state index contributed by atoms with van der Waals surface area (Å²) in [6.45, 7) is 1.88. The van der Waals surface area contributed by atoms with E-state index < -0.39 is 10.0 Å². The molecule has 0 fully saturated rings. The normalized spacial score (nSPS) is 12.2. The minimum Gasteiger partial charge on any atom is -0.346 e. The summed E-state index contributed by atoms with van der Waals surface area (Å²) in [6, 6.07) is 24.6. The van der Waals surface area contributed by atoms with E-state index in [0.717, 1.165) is 30.2 Å². The Morgan fingerprint density at radius 1 is 0.900 bits per heavy atom. The van der Waals surface area contributed by atoms with Gasteiger partial charge >= 0.3 is 0 Å². The van der Waals surface area contributed by atoms with Crippen LogP contribution in [0.4, 0.5) is 5.69 Å². The molecule has 0 spiro atoms. The third-order valence-corrected chi connectivity index (χ3v) is 5.43. The Bertz CT molecular complexity index is 1110. The zero-order chi connectivity index (χ0) is 21.6. The van der Waals surface area contributed by atoms with Gasteiger partial charge in [-0.3, -0.25) is 9.52 Å². The summed E-state index contributed by atoms with van der Waals surface area (Å²) in [5.74, 6) is -0.146. The lowest BCUT2D eigenvalue weighted by atomic mass is 9.99. The van der Waals surface area contributed by atoms with Crippen molar-refractivity contribution in [2.24, 2.45) is 0 Å². The molecule has 3 rings (SSSR count). The third-order valence-electron chi connectivity index (χ3n) is 4.83. The molecule has 0 saturated heterocycles. The number of carbonyl (C=O) groups excluding carboxylic acids is 1. The molecular weight excluding hydrogens is 396 g/mol. The smallest absolute Gasteiger partial charge is 0.252 e. The van der Waals surface area contributed by atoms with Crippen molar-refractivity contribution in [1.29, 1.82) is 0 Å². The van der Waals surface area contributed by atoms with Gasteiger partial charge < -0.3 is 5.32 Å². The van der Waals surface area contributed by atoms with Crippen molar-refractivity contribution in [2.75, 3.05) is 11.0 Å². The molecule has 1 amide bonds. The number of sulfonamides is 1. The lowest BCUT2D eigenvalue weighted by Crippen LogP contribution is -2.27. The highest BCUT2D eigenvalue weighted by Crippen LogP contribution is 2.20. The lowest BCUT2D eigenvalue weighted by molar-refractivity contribution is 0.0939. The Balaban J connectivity index is 1.71. The quantitative estimate of drug-likeness (QED) is 0.567. The summed E-state index contributed by atoms with van der Waals surface area (Å²) in [6.07, 6.45) is 2.74. The third kappa shape index (κ3) is 6.19. The van der Waals surface area contributed by atoms with Crippen LogP contribution in [-0.2, 0) is 22.9 Å². The highest BCUT2D eigenvalue weighted by Gasteiger charge is 2.15. The highest BCUT2D eigenvalue weighted by molar-refractivity contribution is 7.92. The van der Waals surface area contributed by atoms with E-state index in [-0.39, 0.29) is 11.9 Å². The van der Waals surface area contributed by atoms with Crippen LogP contribution < -0.4 is 10.0 Å². The molecule has 30 heavy (non-hydrogen) atoms.